The van der Waals surface area contributed by atoms with E-state index in [1.165, 1.54) is 7.11 Å². The van der Waals surface area contributed by atoms with Gasteiger partial charge in [-0.2, -0.15) is 0 Å². The highest BCUT2D eigenvalue weighted by Crippen LogP contribution is 2.29. The maximum Gasteiger partial charge on any atom is 0.255 e. The van der Waals surface area contributed by atoms with E-state index in [1.807, 2.05) is 6.07 Å². The number of aromatic nitrogens is 2. The van der Waals surface area contributed by atoms with Gasteiger partial charge in [-0.25, -0.2) is 0 Å². The summed E-state index contributed by atoms with van der Waals surface area (Å²) in [6, 6.07) is 7.15. The Morgan fingerprint density at radius 1 is 1.14 bits per heavy atom. The van der Waals surface area contributed by atoms with Crippen LogP contribution in [0.5, 0.6) is 5.75 Å². The Kier molecular flexibility index (Phi) is 9.66. The highest BCUT2D eigenvalue weighted by molar-refractivity contribution is 6.33. The smallest absolute Gasteiger partial charge is 0.255 e. The highest BCUT2D eigenvalue weighted by atomic mass is 35.5. The number of nitrogens with two attached hydrogens (primary N) is 1. The van der Waals surface area contributed by atoms with E-state index in [0.717, 1.165) is 64.3 Å². The number of piperidine rings is 2. The second-order valence-corrected chi connectivity index (χ2v) is 10.3. The molecule has 0 spiro atoms. The molecule has 1 aromatic heterocycles. The van der Waals surface area contributed by atoms with Crippen molar-refractivity contribution in [3.63, 3.8) is 0 Å². The average Bonchev–Trinajstić information content (AvgIpc) is 2.91. The van der Waals surface area contributed by atoms with Crippen molar-refractivity contribution in [2.24, 2.45) is 0 Å². The van der Waals surface area contributed by atoms with Gasteiger partial charge >= 0.3 is 0 Å². The number of benzene rings is 1. The zero-order valence-electron chi connectivity index (χ0n) is 21.3. The summed E-state index contributed by atoms with van der Waals surface area (Å²) in [6.45, 7) is 5.37. The number of halogens is 2. The maximum absolute atomic E-state index is 12.9. The van der Waals surface area contributed by atoms with Gasteiger partial charge in [-0.05, 0) is 44.0 Å². The van der Waals surface area contributed by atoms with E-state index in [4.69, 9.17) is 38.4 Å². The number of nitrogens with zero attached hydrogens (tertiary/aromatic N) is 4. The van der Waals surface area contributed by atoms with Crippen LogP contribution in [0.1, 0.15) is 29.6 Å². The number of ether oxygens (including phenoxy) is 2. The SMILES string of the molecule is COc1cc(N)c(Cl)cc1C(=O)NC1CCN([C@@H]2CCN(CCNc3ccc(Cl)nn3)C[C@@H]2OC)CC1. The van der Waals surface area contributed by atoms with Crippen molar-refractivity contribution in [3.05, 3.63) is 40.0 Å². The Morgan fingerprint density at radius 2 is 1.92 bits per heavy atom. The number of carbonyl (C=O) groups excluding carboxylic acids is 1. The first-order valence-electron chi connectivity index (χ1n) is 12.5. The fourth-order valence-electron chi connectivity index (χ4n) is 5.13. The number of rotatable bonds is 9. The molecule has 2 aliphatic rings. The molecule has 1 aromatic carbocycles. The average molecular weight is 553 g/mol. The molecule has 12 heteroatoms. The van der Waals surface area contributed by atoms with Crippen LogP contribution in [-0.4, -0.2) is 97.6 Å². The summed E-state index contributed by atoms with van der Waals surface area (Å²) in [6.07, 6.45) is 2.92. The molecule has 4 N–H and O–H groups in total. The molecule has 0 saturated carbocycles. The van der Waals surface area contributed by atoms with E-state index in [0.29, 0.717) is 33.2 Å². The van der Waals surface area contributed by atoms with Crippen molar-refractivity contribution >= 4 is 40.6 Å². The molecule has 0 bridgehead atoms. The summed E-state index contributed by atoms with van der Waals surface area (Å²) in [5.74, 6) is 0.941. The summed E-state index contributed by atoms with van der Waals surface area (Å²) in [4.78, 5) is 17.8. The quantitative estimate of drug-likeness (QED) is 0.404. The lowest BCUT2D eigenvalue weighted by Crippen LogP contribution is -2.58. The molecule has 2 saturated heterocycles. The van der Waals surface area contributed by atoms with E-state index in [2.05, 4.69) is 30.6 Å². The van der Waals surface area contributed by atoms with Crippen LogP contribution in [0.2, 0.25) is 10.2 Å². The molecule has 10 nitrogen and oxygen atoms in total. The van der Waals surface area contributed by atoms with Gasteiger partial charge < -0.3 is 25.8 Å². The van der Waals surface area contributed by atoms with E-state index in [-0.39, 0.29) is 18.1 Å². The van der Waals surface area contributed by atoms with Gasteiger partial charge in [0.25, 0.3) is 5.91 Å². The molecule has 0 radical (unpaired) electrons. The monoisotopic (exact) mass is 551 g/mol. The van der Waals surface area contributed by atoms with Gasteiger partial charge in [-0.1, -0.05) is 23.2 Å². The molecule has 2 aromatic rings. The van der Waals surface area contributed by atoms with Crippen molar-refractivity contribution in [3.8, 4) is 5.75 Å². The molecule has 1 amide bonds. The summed E-state index contributed by atoms with van der Waals surface area (Å²) >= 11 is 11.9. The van der Waals surface area contributed by atoms with E-state index in [1.54, 1.807) is 25.3 Å². The Morgan fingerprint density at radius 3 is 2.59 bits per heavy atom. The standard InChI is InChI=1S/C25H35Cl2N7O3/c1-36-21-14-19(28)18(26)13-17(21)25(35)30-16-5-10-34(11-6-16)20-7-9-33(15-22(20)37-2)12-8-29-24-4-3-23(27)31-32-24/h3-4,13-14,16,20,22H,5-12,15,28H2,1-2H3,(H,29,32)(H,30,35)/t20-,22+/m1/s1. The molecule has 4 rings (SSSR count). The van der Waals surface area contributed by atoms with E-state index >= 15 is 0 Å². The summed E-state index contributed by atoms with van der Waals surface area (Å²) in [5, 5.41) is 15.1. The van der Waals surface area contributed by atoms with Crippen LogP contribution < -0.4 is 21.1 Å². The normalized spacial score (nSPS) is 21.5. The first-order chi connectivity index (χ1) is 17.9. The molecule has 2 aliphatic heterocycles. The number of methoxy groups -OCH3 is 2. The minimum absolute atomic E-state index is 0.0907. The first kappa shape index (κ1) is 27.7. The third kappa shape index (κ3) is 7.14. The number of carbonyl (C=O) groups is 1. The van der Waals surface area contributed by atoms with E-state index < -0.39 is 0 Å². The highest BCUT2D eigenvalue weighted by Gasteiger charge is 2.35. The van der Waals surface area contributed by atoms with Crippen LogP contribution >= 0.6 is 23.2 Å². The van der Waals surface area contributed by atoms with Crippen molar-refractivity contribution in [2.45, 2.75) is 37.5 Å². The summed E-state index contributed by atoms with van der Waals surface area (Å²) in [7, 11) is 3.31. The van der Waals surface area contributed by atoms with Crippen LogP contribution in [0.15, 0.2) is 24.3 Å². The lowest BCUT2D eigenvalue weighted by Gasteiger charge is -2.45. The predicted octanol–water partition coefficient (Wildman–Crippen LogP) is 2.77. The van der Waals surface area contributed by atoms with Crippen LogP contribution in [0.25, 0.3) is 0 Å². The number of nitrogens with one attached hydrogen (secondary N) is 2. The fraction of sp³-hybridized carbons (Fsp3) is 0.560. The van der Waals surface area contributed by atoms with Gasteiger partial charge in [-0.3, -0.25) is 14.6 Å². The summed E-state index contributed by atoms with van der Waals surface area (Å²) in [5.41, 5.74) is 6.63. The van der Waals surface area contributed by atoms with E-state index in [9.17, 15) is 4.79 Å². The lowest BCUT2D eigenvalue weighted by molar-refractivity contribution is -0.0437. The van der Waals surface area contributed by atoms with Crippen LogP contribution in [0, 0.1) is 0 Å². The largest absolute Gasteiger partial charge is 0.496 e. The zero-order chi connectivity index (χ0) is 26.4. The second-order valence-electron chi connectivity index (χ2n) is 9.46. The number of nitrogen functional groups attached to an aromatic ring is 1. The molecule has 0 aliphatic carbocycles. The van der Waals surface area contributed by atoms with Gasteiger partial charge in [0, 0.05) is 58.0 Å². The molecular weight excluding hydrogens is 517 g/mol. The second kappa shape index (κ2) is 12.9. The van der Waals surface area contributed by atoms with Crippen molar-refractivity contribution in [1.29, 1.82) is 0 Å². The van der Waals surface area contributed by atoms with Gasteiger partial charge in [0.15, 0.2) is 5.15 Å². The molecular formula is C25H35Cl2N7O3. The van der Waals surface area contributed by atoms with Crippen LogP contribution in [0.3, 0.4) is 0 Å². The van der Waals surface area contributed by atoms with Crippen molar-refractivity contribution in [1.82, 2.24) is 25.3 Å². The van der Waals surface area contributed by atoms with Crippen LogP contribution in [-0.2, 0) is 4.74 Å². The predicted molar refractivity (Wildman–Crippen MR) is 146 cm³/mol. The summed E-state index contributed by atoms with van der Waals surface area (Å²) < 4.78 is 11.2. The number of likely N-dealkylation sites (tertiary alicyclic amines) is 2. The minimum atomic E-state index is -0.196. The third-order valence-corrected chi connectivity index (χ3v) is 7.70. The number of hydrogen-bond donors (Lipinski definition) is 3. The van der Waals surface area contributed by atoms with Gasteiger partial charge in [0.2, 0.25) is 0 Å². The minimum Gasteiger partial charge on any atom is -0.496 e. The molecule has 0 unspecified atom stereocenters. The first-order valence-corrected chi connectivity index (χ1v) is 13.3. The molecule has 37 heavy (non-hydrogen) atoms. The van der Waals surface area contributed by atoms with Gasteiger partial charge in [0.1, 0.15) is 11.6 Å². The molecule has 2 atom stereocenters. The molecule has 2 fully saturated rings. The Hall–Kier alpha value is -2.37. The lowest BCUT2D eigenvalue weighted by atomic mass is 9.95. The fourth-order valence-corrected chi connectivity index (χ4v) is 5.39. The Balaban J connectivity index is 1.23. The Bertz CT molecular complexity index is 1050. The topological polar surface area (TPSA) is 118 Å². The number of hydrogen-bond acceptors (Lipinski definition) is 9. The maximum atomic E-state index is 12.9. The van der Waals surface area contributed by atoms with Gasteiger partial charge in [0.05, 0.1) is 29.5 Å². The van der Waals surface area contributed by atoms with Gasteiger partial charge in [-0.15, -0.1) is 10.2 Å². The number of amides is 1. The Labute approximate surface area is 227 Å². The third-order valence-electron chi connectivity index (χ3n) is 7.17. The molecule has 3 heterocycles. The van der Waals surface area contributed by atoms with Crippen molar-refractivity contribution in [2.75, 3.05) is 64.5 Å². The van der Waals surface area contributed by atoms with Crippen molar-refractivity contribution < 1.29 is 14.3 Å². The number of anilines is 2. The molecule has 202 valence electrons. The zero-order valence-corrected chi connectivity index (χ0v) is 22.8. The van der Waals surface area contributed by atoms with Crippen LogP contribution in [0.4, 0.5) is 11.5 Å².